The lowest BCUT2D eigenvalue weighted by molar-refractivity contribution is -0.145. The average molecular weight is 483 g/mol. The molecule has 1 aromatic heterocycles. The first-order valence-electron chi connectivity index (χ1n) is 11.1. The van der Waals surface area contributed by atoms with Crippen molar-refractivity contribution in [1.29, 1.82) is 0 Å². The predicted octanol–water partition coefficient (Wildman–Crippen LogP) is 4.30. The van der Waals surface area contributed by atoms with Gasteiger partial charge in [-0.05, 0) is 55.7 Å². The Labute approximate surface area is 200 Å². The molecule has 1 heterocycles. The van der Waals surface area contributed by atoms with Crippen LogP contribution in [0.3, 0.4) is 0 Å². The molecule has 8 heteroatoms. The zero-order valence-electron chi connectivity index (χ0n) is 19.8. The summed E-state index contributed by atoms with van der Waals surface area (Å²) < 4.78 is 30.4. The maximum absolute atomic E-state index is 13.0. The van der Waals surface area contributed by atoms with Crippen LogP contribution in [0.2, 0.25) is 0 Å². The highest BCUT2D eigenvalue weighted by molar-refractivity contribution is 7.89. The van der Waals surface area contributed by atoms with Crippen molar-refractivity contribution in [1.82, 2.24) is 4.57 Å². The second kappa shape index (κ2) is 10.4. The molecule has 2 unspecified atom stereocenters. The number of Topliss-reactive ketones (excluding diaryl/α,β-unsaturated/α-hetero) is 1. The van der Waals surface area contributed by atoms with Crippen molar-refractivity contribution in [2.45, 2.75) is 44.9 Å². The van der Waals surface area contributed by atoms with Crippen molar-refractivity contribution in [2.75, 3.05) is 6.61 Å². The number of aryl methyl sites for hydroxylation is 1. The summed E-state index contributed by atoms with van der Waals surface area (Å²) in [5.74, 6) is -1.09. The maximum atomic E-state index is 13.0. The van der Waals surface area contributed by atoms with Crippen molar-refractivity contribution < 1.29 is 22.7 Å². The Morgan fingerprint density at radius 2 is 1.65 bits per heavy atom. The highest BCUT2D eigenvalue weighted by Crippen LogP contribution is 2.29. The summed E-state index contributed by atoms with van der Waals surface area (Å²) in [6.07, 6.45) is 0.800. The van der Waals surface area contributed by atoms with Crippen LogP contribution in [0.4, 0.5) is 0 Å². The summed E-state index contributed by atoms with van der Waals surface area (Å²) in [5, 5.41) is 5.17. The molecule has 3 rings (SSSR count). The van der Waals surface area contributed by atoms with Gasteiger partial charge in [0, 0.05) is 22.6 Å². The number of carbonyl (C=O) groups excluding carboxylic acids is 2. The Morgan fingerprint density at radius 1 is 1.03 bits per heavy atom. The minimum absolute atomic E-state index is 0.0104. The molecular weight excluding hydrogens is 452 g/mol. The summed E-state index contributed by atoms with van der Waals surface area (Å²) >= 11 is 0. The lowest BCUT2D eigenvalue weighted by atomic mass is 9.85. The van der Waals surface area contributed by atoms with E-state index in [-0.39, 0.29) is 23.2 Å². The lowest BCUT2D eigenvalue weighted by Gasteiger charge is -2.21. The van der Waals surface area contributed by atoms with E-state index in [0.717, 1.165) is 17.7 Å². The normalized spacial score (nSPS) is 13.3. The minimum Gasteiger partial charge on any atom is -0.457 e. The van der Waals surface area contributed by atoms with Gasteiger partial charge in [-0.2, -0.15) is 0 Å². The molecule has 0 bridgehead atoms. The molecule has 0 spiro atoms. The summed E-state index contributed by atoms with van der Waals surface area (Å²) in [6, 6.07) is 17.3. The van der Waals surface area contributed by atoms with Crippen LogP contribution in [0.25, 0.3) is 5.69 Å². The number of esters is 1. The maximum Gasteiger partial charge on any atom is 0.314 e. The van der Waals surface area contributed by atoms with Gasteiger partial charge in [0.15, 0.2) is 6.61 Å². The summed E-state index contributed by atoms with van der Waals surface area (Å²) in [4.78, 5) is 25.9. The van der Waals surface area contributed by atoms with Gasteiger partial charge in [0.1, 0.15) is 0 Å². The van der Waals surface area contributed by atoms with Crippen LogP contribution in [-0.4, -0.2) is 31.3 Å². The number of benzene rings is 2. The Bertz CT molecular complexity index is 1280. The first-order chi connectivity index (χ1) is 16.0. The van der Waals surface area contributed by atoms with E-state index in [1.54, 1.807) is 25.1 Å². The third kappa shape index (κ3) is 5.46. The Morgan fingerprint density at radius 3 is 2.21 bits per heavy atom. The molecule has 180 valence electrons. The van der Waals surface area contributed by atoms with Crippen molar-refractivity contribution >= 4 is 21.8 Å². The molecule has 0 aliphatic carbocycles. The number of nitrogens with two attached hydrogens (primary N) is 1. The van der Waals surface area contributed by atoms with Crippen LogP contribution in [0.5, 0.6) is 0 Å². The first kappa shape index (κ1) is 25.4. The highest BCUT2D eigenvalue weighted by atomic mass is 32.2. The van der Waals surface area contributed by atoms with Gasteiger partial charge < -0.3 is 9.30 Å². The van der Waals surface area contributed by atoms with Gasteiger partial charge in [0.25, 0.3) is 0 Å². The van der Waals surface area contributed by atoms with Gasteiger partial charge >= 0.3 is 5.97 Å². The molecule has 0 radical (unpaired) electrons. The quantitative estimate of drug-likeness (QED) is 0.361. The zero-order valence-corrected chi connectivity index (χ0v) is 20.6. The Balaban J connectivity index is 1.79. The number of ether oxygens (including phenoxy) is 1. The fraction of sp³-hybridized carbons (Fsp3) is 0.308. The SMILES string of the molecule is CCC(C)C(C(=O)OCC(=O)c1cc(C)n(-c2ccc(S(N)(=O)=O)cc2)c1C)c1ccccc1. The number of aromatic nitrogens is 1. The third-order valence-corrected chi connectivity index (χ3v) is 7.06. The second-order valence-electron chi connectivity index (χ2n) is 8.46. The van der Waals surface area contributed by atoms with E-state index in [1.165, 1.54) is 12.1 Å². The molecule has 3 aromatic rings. The van der Waals surface area contributed by atoms with Gasteiger partial charge in [-0.3, -0.25) is 9.59 Å². The largest absolute Gasteiger partial charge is 0.457 e. The molecule has 7 nitrogen and oxygen atoms in total. The summed E-state index contributed by atoms with van der Waals surface area (Å²) in [5.41, 5.74) is 3.47. The molecule has 0 saturated heterocycles. The Kier molecular flexibility index (Phi) is 7.74. The van der Waals surface area contributed by atoms with E-state index in [1.807, 2.05) is 55.7 Å². The number of hydrogen-bond acceptors (Lipinski definition) is 5. The average Bonchev–Trinajstić information content (AvgIpc) is 3.11. The number of rotatable bonds is 9. The van der Waals surface area contributed by atoms with Crippen molar-refractivity contribution in [3.8, 4) is 5.69 Å². The van der Waals surface area contributed by atoms with Crippen molar-refractivity contribution in [2.24, 2.45) is 11.1 Å². The lowest BCUT2D eigenvalue weighted by Crippen LogP contribution is -2.24. The number of nitrogens with zero attached hydrogens (tertiary/aromatic N) is 1. The van der Waals surface area contributed by atoms with E-state index in [4.69, 9.17) is 9.88 Å². The van der Waals surface area contributed by atoms with Gasteiger partial charge in [-0.1, -0.05) is 50.6 Å². The van der Waals surface area contributed by atoms with Crippen LogP contribution in [0.15, 0.2) is 65.6 Å². The number of hydrogen-bond donors (Lipinski definition) is 1. The monoisotopic (exact) mass is 482 g/mol. The van der Waals surface area contributed by atoms with E-state index >= 15 is 0 Å². The summed E-state index contributed by atoms with van der Waals surface area (Å²) in [7, 11) is -3.79. The standard InChI is InChI=1S/C26H30N2O5S/c1-5-17(2)25(20-9-7-6-8-10-20)26(30)33-16-24(29)23-15-18(3)28(19(23)4)21-11-13-22(14-12-21)34(27,31)32/h6-15,17,25H,5,16H2,1-4H3,(H2,27,31,32). The van der Waals surface area contributed by atoms with Crippen molar-refractivity contribution in [3.63, 3.8) is 0 Å². The fourth-order valence-electron chi connectivity index (χ4n) is 4.12. The molecule has 34 heavy (non-hydrogen) atoms. The van der Waals surface area contributed by atoms with E-state index in [2.05, 4.69) is 0 Å². The van der Waals surface area contributed by atoms with Crippen LogP contribution in [0, 0.1) is 19.8 Å². The molecule has 2 N–H and O–H groups in total. The fourth-order valence-corrected chi connectivity index (χ4v) is 4.64. The van der Waals surface area contributed by atoms with Gasteiger partial charge in [-0.15, -0.1) is 0 Å². The van der Waals surface area contributed by atoms with E-state index in [9.17, 15) is 18.0 Å². The topological polar surface area (TPSA) is 108 Å². The molecule has 0 amide bonds. The van der Waals surface area contributed by atoms with Crippen LogP contribution in [0.1, 0.15) is 53.5 Å². The van der Waals surface area contributed by atoms with Crippen molar-refractivity contribution in [3.05, 3.63) is 83.2 Å². The molecule has 2 atom stereocenters. The van der Waals surface area contributed by atoms with E-state index in [0.29, 0.717) is 16.9 Å². The molecule has 0 fully saturated rings. The minimum atomic E-state index is -3.79. The molecule has 0 aliphatic heterocycles. The highest BCUT2D eigenvalue weighted by Gasteiger charge is 2.28. The molecule has 0 saturated carbocycles. The molecule has 2 aromatic carbocycles. The van der Waals surface area contributed by atoms with Gasteiger partial charge in [0.05, 0.1) is 10.8 Å². The van der Waals surface area contributed by atoms with Crippen LogP contribution < -0.4 is 5.14 Å². The second-order valence-corrected chi connectivity index (χ2v) is 10.0. The number of ketones is 1. The van der Waals surface area contributed by atoms with Crippen LogP contribution >= 0.6 is 0 Å². The smallest absolute Gasteiger partial charge is 0.314 e. The first-order valence-corrected chi connectivity index (χ1v) is 12.7. The molecule has 0 aliphatic rings. The van der Waals surface area contributed by atoms with Crippen LogP contribution in [-0.2, 0) is 19.6 Å². The van der Waals surface area contributed by atoms with Gasteiger partial charge in [-0.25, -0.2) is 13.6 Å². The Hall–Kier alpha value is -3.23. The predicted molar refractivity (Wildman–Crippen MR) is 131 cm³/mol. The number of sulfonamides is 1. The zero-order chi connectivity index (χ0) is 25.0. The van der Waals surface area contributed by atoms with Gasteiger partial charge in [0.2, 0.25) is 15.8 Å². The number of carbonyl (C=O) groups is 2. The van der Waals surface area contributed by atoms with E-state index < -0.39 is 21.9 Å². The number of primary sulfonamides is 1. The third-order valence-electron chi connectivity index (χ3n) is 6.13. The molecular formula is C26H30N2O5S. The summed E-state index contributed by atoms with van der Waals surface area (Å²) in [6.45, 7) is 7.30.